The molecule has 96 valence electrons. The van der Waals surface area contributed by atoms with E-state index in [1.165, 1.54) is 0 Å². The molecule has 2 aliphatic heterocycles. The lowest BCUT2D eigenvalue weighted by molar-refractivity contribution is 0.288. The van der Waals surface area contributed by atoms with Crippen LogP contribution < -0.4 is 5.32 Å². The van der Waals surface area contributed by atoms with Gasteiger partial charge in [-0.15, -0.1) is 12.4 Å². The highest BCUT2D eigenvalue weighted by Gasteiger charge is 2.48. The molecule has 0 aliphatic carbocycles. The van der Waals surface area contributed by atoms with Gasteiger partial charge in [-0.2, -0.15) is 0 Å². The van der Waals surface area contributed by atoms with Crippen molar-refractivity contribution in [2.75, 3.05) is 31.9 Å². The lowest BCUT2D eigenvalue weighted by atomic mass is 9.89. The molecule has 0 aromatic heterocycles. The topological polar surface area (TPSA) is 49.4 Å². The van der Waals surface area contributed by atoms with Crippen molar-refractivity contribution in [2.24, 2.45) is 11.3 Å². The van der Waals surface area contributed by atoms with Crippen molar-refractivity contribution in [3.8, 4) is 0 Å². The summed E-state index contributed by atoms with van der Waals surface area (Å²) in [6.07, 6.45) is 1.00. The van der Waals surface area contributed by atoms with E-state index in [1.54, 1.807) is 4.31 Å². The van der Waals surface area contributed by atoms with Crippen LogP contribution in [-0.4, -0.2) is 44.7 Å². The number of hydrogen-bond donors (Lipinski definition) is 1. The smallest absolute Gasteiger partial charge is 0.214 e. The van der Waals surface area contributed by atoms with Crippen LogP contribution in [0.4, 0.5) is 0 Å². The van der Waals surface area contributed by atoms with Crippen molar-refractivity contribution in [1.82, 2.24) is 9.62 Å². The van der Waals surface area contributed by atoms with Gasteiger partial charge in [-0.1, -0.05) is 13.8 Å². The number of nitrogens with zero attached hydrogens (tertiary/aromatic N) is 1. The van der Waals surface area contributed by atoms with Gasteiger partial charge in [0.05, 0.1) is 5.75 Å². The SMILES string of the molecule is CC(C)CN1CC2(CCNC2)CS1(=O)=O.Cl. The maximum atomic E-state index is 12.0. The summed E-state index contributed by atoms with van der Waals surface area (Å²) >= 11 is 0. The maximum absolute atomic E-state index is 12.0. The Balaban J connectivity index is 0.00000128. The van der Waals surface area contributed by atoms with Crippen molar-refractivity contribution in [3.63, 3.8) is 0 Å². The molecule has 2 fully saturated rings. The Morgan fingerprint density at radius 2 is 2.12 bits per heavy atom. The monoisotopic (exact) mass is 268 g/mol. The van der Waals surface area contributed by atoms with Crippen LogP contribution in [0.15, 0.2) is 0 Å². The van der Waals surface area contributed by atoms with Gasteiger partial charge in [0.1, 0.15) is 0 Å². The van der Waals surface area contributed by atoms with Gasteiger partial charge in [0.25, 0.3) is 0 Å². The van der Waals surface area contributed by atoms with Gasteiger partial charge >= 0.3 is 0 Å². The molecule has 0 amide bonds. The molecule has 0 radical (unpaired) electrons. The highest BCUT2D eigenvalue weighted by atomic mass is 35.5. The van der Waals surface area contributed by atoms with Crippen LogP contribution >= 0.6 is 12.4 Å². The Hall–Kier alpha value is 0.160. The minimum atomic E-state index is -2.98. The Morgan fingerprint density at radius 3 is 2.62 bits per heavy atom. The molecule has 1 unspecified atom stereocenters. The Kier molecular flexibility index (Phi) is 4.27. The van der Waals surface area contributed by atoms with Gasteiger partial charge in [-0.25, -0.2) is 12.7 Å². The normalized spacial score (nSPS) is 33.4. The van der Waals surface area contributed by atoms with E-state index in [-0.39, 0.29) is 17.8 Å². The summed E-state index contributed by atoms with van der Waals surface area (Å²) in [6.45, 7) is 7.34. The van der Waals surface area contributed by atoms with Gasteiger partial charge < -0.3 is 5.32 Å². The predicted octanol–water partition coefficient (Wildman–Crippen LogP) is 0.689. The summed E-state index contributed by atoms with van der Waals surface area (Å²) in [7, 11) is -2.98. The molecular formula is C10H21ClN2O2S. The first kappa shape index (κ1) is 14.2. The lowest BCUT2D eigenvalue weighted by Gasteiger charge is -2.21. The minimum Gasteiger partial charge on any atom is -0.316 e. The molecule has 2 aliphatic rings. The van der Waals surface area contributed by atoms with Gasteiger partial charge in [0, 0.05) is 25.0 Å². The highest BCUT2D eigenvalue weighted by molar-refractivity contribution is 7.89. The number of nitrogens with one attached hydrogen (secondary N) is 1. The standard InChI is InChI=1S/C10H20N2O2S.ClH/c1-9(2)5-12-7-10(3-4-11-6-10)8-15(12,13)14;/h9,11H,3-8H2,1-2H3;1H. The van der Waals surface area contributed by atoms with Crippen molar-refractivity contribution in [3.05, 3.63) is 0 Å². The third-order valence-corrected chi connectivity index (χ3v) is 5.34. The van der Waals surface area contributed by atoms with E-state index in [4.69, 9.17) is 0 Å². The lowest BCUT2D eigenvalue weighted by Crippen LogP contribution is -2.32. The van der Waals surface area contributed by atoms with E-state index < -0.39 is 10.0 Å². The molecule has 6 heteroatoms. The summed E-state index contributed by atoms with van der Waals surface area (Å²) in [5.74, 6) is 0.754. The second-order valence-electron chi connectivity index (χ2n) is 5.37. The fraction of sp³-hybridized carbons (Fsp3) is 1.00. The van der Waals surface area contributed by atoms with E-state index in [9.17, 15) is 8.42 Å². The van der Waals surface area contributed by atoms with E-state index >= 15 is 0 Å². The summed E-state index contributed by atoms with van der Waals surface area (Å²) in [5.41, 5.74) is 0.00766. The average molecular weight is 269 g/mol. The summed E-state index contributed by atoms with van der Waals surface area (Å²) in [6, 6.07) is 0. The number of halogens is 1. The number of rotatable bonds is 2. The molecule has 0 bridgehead atoms. The van der Waals surface area contributed by atoms with Crippen molar-refractivity contribution in [1.29, 1.82) is 0 Å². The van der Waals surface area contributed by atoms with Crippen LogP contribution in [0.2, 0.25) is 0 Å². The molecule has 2 rings (SSSR count). The van der Waals surface area contributed by atoms with Crippen LogP contribution in [0, 0.1) is 11.3 Å². The van der Waals surface area contributed by atoms with E-state index in [2.05, 4.69) is 19.2 Å². The zero-order valence-electron chi connectivity index (χ0n) is 9.90. The number of hydrogen-bond acceptors (Lipinski definition) is 3. The summed E-state index contributed by atoms with van der Waals surface area (Å²) in [5, 5.41) is 3.28. The first-order valence-corrected chi connectivity index (χ1v) is 7.23. The van der Waals surface area contributed by atoms with Crippen LogP contribution in [-0.2, 0) is 10.0 Å². The van der Waals surface area contributed by atoms with Gasteiger partial charge in [-0.3, -0.25) is 0 Å². The van der Waals surface area contributed by atoms with Crippen LogP contribution in [0.5, 0.6) is 0 Å². The molecule has 0 aromatic rings. The number of sulfonamides is 1. The Bertz CT molecular complexity index is 337. The summed E-state index contributed by atoms with van der Waals surface area (Å²) in [4.78, 5) is 0. The van der Waals surface area contributed by atoms with Crippen LogP contribution in [0.25, 0.3) is 0 Å². The van der Waals surface area contributed by atoms with Crippen molar-refractivity contribution < 1.29 is 8.42 Å². The highest BCUT2D eigenvalue weighted by Crippen LogP contribution is 2.36. The molecule has 0 aromatic carbocycles. The average Bonchev–Trinajstić information content (AvgIpc) is 2.58. The fourth-order valence-electron chi connectivity index (χ4n) is 2.64. The second kappa shape index (κ2) is 4.80. The van der Waals surface area contributed by atoms with Crippen LogP contribution in [0.1, 0.15) is 20.3 Å². The molecule has 1 spiro atoms. The van der Waals surface area contributed by atoms with Gasteiger partial charge in [0.15, 0.2) is 0 Å². The third-order valence-electron chi connectivity index (χ3n) is 3.29. The molecule has 16 heavy (non-hydrogen) atoms. The molecule has 4 nitrogen and oxygen atoms in total. The quantitative estimate of drug-likeness (QED) is 0.802. The second-order valence-corrected chi connectivity index (χ2v) is 7.34. The van der Waals surface area contributed by atoms with Gasteiger partial charge in [-0.05, 0) is 18.9 Å². The van der Waals surface area contributed by atoms with E-state index in [0.29, 0.717) is 18.2 Å². The molecule has 1 N–H and O–H groups in total. The predicted molar refractivity (Wildman–Crippen MR) is 67.4 cm³/mol. The Labute approximate surface area is 104 Å². The molecule has 1 atom stereocenters. The first-order chi connectivity index (χ1) is 6.94. The summed E-state index contributed by atoms with van der Waals surface area (Å²) < 4.78 is 25.6. The Morgan fingerprint density at radius 1 is 1.44 bits per heavy atom. The van der Waals surface area contributed by atoms with Crippen molar-refractivity contribution >= 4 is 22.4 Å². The maximum Gasteiger partial charge on any atom is 0.214 e. The molecular weight excluding hydrogens is 248 g/mol. The molecule has 2 saturated heterocycles. The van der Waals surface area contributed by atoms with E-state index in [0.717, 1.165) is 26.1 Å². The minimum absolute atomic E-state index is 0. The first-order valence-electron chi connectivity index (χ1n) is 5.62. The van der Waals surface area contributed by atoms with E-state index in [1.807, 2.05) is 0 Å². The largest absolute Gasteiger partial charge is 0.316 e. The third kappa shape index (κ3) is 2.70. The van der Waals surface area contributed by atoms with Crippen molar-refractivity contribution in [2.45, 2.75) is 20.3 Å². The van der Waals surface area contributed by atoms with Crippen LogP contribution in [0.3, 0.4) is 0 Å². The zero-order valence-corrected chi connectivity index (χ0v) is 11.5. The fourth-order valence-corrected chi connectivity index (χ4v) is 4.93. The molecule has 2 heterocycles. The van der Waals surface area contributed by atoms with Gasteiger partial charge in [0.2, 0.25) is 10.0 Å². The molecule has 0 saturated carbocycles. The zero-order chi connectivity index (χ0) is 11.1.